The minimum atomic E-state index is -0.794. The molecule has 1 amide bonds. The average molecular weight is 431 g/mol. The molecule has 1 aliphatic rings. The maximum absolute atomic E-state index is 13.1. The summed E-state index contributed by atoms with van der Waals surface area (Å²) in [7, 11) is 2.97. The second kappa shape index (κ2) is 8.89. The lowest BCUT2D eigenvalue weighted by molar-refractivity contribution is -0.140. The molecule has 0 radical (unpaired) electrons. The van der Waals surface area contributed by atoms with E-state index in [4.69, 9.17) is 9.47 Å². The summed E-state index contributed by atoms with van der Waals surface area (Å²) < 4.78 is 10.6. The Morgan fingerprint density at radius 2 is 1.62 bits per heavy atom. The topological polar surface area (TPSA) is 102 Å². The van der Waals surface area contributed by atoms with Gasteiger partial charge in [-0.05, 0) is 47.5 Å². The lowest BCUT2D eigenvalue weighted by atomic mass is 9.95. The van der Waals surface area contributed by atoms with E-state index in [0.29, 0.717) is 17.1 Å². The van der Waals surface area contributed by atoms with Crippen LogP contribution in [0.1, 0.15) is 22.7 Å². The zero-order chi connectivity index (χ0) is 22.7. The molecule has 8 nitrogen and oxygen atoms in total. The Kier molecular flexibility index (Phi) is 5.85. The Balaban J connectivity index is 1.88. The third kappa shape index (κ3) is 3.78. The summed E-state index contributed by atoms with van der Waals surface area (Å²) in [6.07, 6.45) is 6.40. The van der Waals surface area contributed by atoms with Crippen molar-refractivity contribution in [3.8, 4) is 11.5 Å². The number of amides is 1. The first-order chi connectivity index (χ1) is 15.5. The Hall–Kier alpha value is -4.20. The van der Waals surface area contributed by atoms with Gasteiger partial charge < -0.3 is 19.5 Å². The predicted octanol–water partition coefficient (Wildman–Crippen LogP) is 3.12. The Morgan fingerprint density at radius 1 is 0.969 bits per heavy atom. The number of hydrogen-bond donors (Lipinski definition) is 1. The number of aliphatic hydroxyl groups is 1. The molecule has 3 heterocycles. The molecule has 2 aromatic heterocycles. The van der Waals surface area contributed by atoms with Crippen molar-refractivity contribution in [2.24, 2.45) is 0 Å². The van der Waals surface area contributed by atoms with E-state index in [1.165, 1.54) is 19.1 Å². The van der Waals surface area contributed by atoms with Crippen molar-refractivity contribution in [3.05, 3.63) is 89.5 Å². The van der Waals surface area contributed by atoms with Crippen LogP contribution in [0, 0.1) is 0 Å². The number of pyridine rings is 2. The van der Waals surface area contributed by atoms with Gasteiger partial charge in [-0.15, -0.1) is 0 Å². The van der Waals surface area contributed by atoms with Crippen LogP contribution in [0.4, 0.5) is 0 Å². The van der Waals surface area contributed by atoms with Gasteiger partial charge in [-0.2, -0.15) is 0 Å². The molecule has 0 aliphatic carbocycles. The van der Waals surface area contributed by atoms with Gasteiger partial charge in [0.1, 0.15) is 17.3 Å². The summed E-state index contributed by atoms with van der Waals surface area (Å²) in [5.41, 5.74) is 1.73. The van der Waals surface area contributed by atoms with E-state index < -0.39 is 17.7 Å². The van der Waals surface area contributed by atoms with Crippen molar-refractivity contribution in [1.29, 1.82) is 0 Å². The number of carbonyl (C=O) groups is 2. The highest BCUT2D eigenvalue weighted by Gasteiger charge is 2.46. The third-order valence-electron chi connectivity index (χ3n) is 5.33. The monoisotopic (exact) mass is 431 g/mol. The van der Waals surface area contributed by atoms with Gasteiger partial charge in [0.05, 0.1) is 31.4 Å². The molecule has 1 atom stereocenters. The molecule has 1 saturated heterocycles. The molecule has 0 saturated carbocycles. The van der Waals surface area contributed by atoms with E-state index in [1.807, 2.05) is 0 Å². The largest absolute Gasteiger partial charge is 0.507 e. The van der Waals surface area contributed by atoms with Crippen molar-refractivity contribution in [3.63, 3.8) is 0 Å². The number of methoxy groups -OCH3 is 2. The highest BCUT2D eigenvalue weighted by Crippen LogP contribution is 2.42. The number of ketones is 1. The number of ether oxygens (including phenoxy) is 2. The summed E-state index contributed by atoms with van der Waals surface area (Å²) in [6.45, 7) is 0.177. The highest BCUT2D eigenvalue weighted by molar-refractivity contribution is 6.46. The van der Waals surface area contributed by atoms with Crippen molar-refractivity contribution in [2.75, 3.05) is 14.2 Å². The van der Waals surface area contributed by atoms with Crippen LogP contribution in [0.3, 0.4) is 0 Å². The van der Waals surface area contributed by atoms with Gasteiger partial charge >= 0.3 is 0 Å². The van der Waals surface area contributed by atoms with Crippen molar-refractivity contribution in [2.45, 2.75) is 12.6 Å². The summed E-state index contributed by atoms with van der Waals surface area (Å²) in [6, 6.07) is 11.0. The van der Waals surface area contributed by atoms with Crippen molar-refractivity contribution < 1.29 is 24.2 Å². The summed E-state index contributed by atoms with van der Waals surface area (Å²) in [5, 5.41) is 11.2. The van der Waals surface area contributed by atoms with Crippen LogP contribution in [-0.4, -0.2) is 45.9 Å². The number of rotatable bonds is 6. The molecule has 1 fully saturated rings. The minimum absolute atomic E-state index is 0.0151. The number of nitrogens with zero attached hydrogens (tertiary/aromatic N) is 3. The van der Waals surface area contributed by atoms with Crippen LogP contribution < -0.4 is 9.47 Å². The quantitative estimate of drug-likeness (QED) is 0.363. The number of benzene rings is 1. The second-order valence-electron chi connectivity index (χ2n) is 7.13. The molecule has 0 bridgehead atoms. The number of aliphatic hydroxyl groups excluding tert-OH is 1. The van der Waals surface area contributed by atoms with Gasteiger partial charge in [0.25, 0.3) is 11.7 Å². The minimum Gasteiger partial charge on any atom is -0.507 e. The smallest absolute Gasteiger partial charge is 0.295 e. The first kappa shape index (κ1) is 21.0. The number of hydrogen-bond acceptors (Lipinski definition) is 7. The molecule has 162 valence electrons. The van der Waals surface area contributed by atoms with Crippen molar-refractivity contribution >= 4 is 17.4 Å². The first-order valence-electron chi connectivity index (χ1n) is 9.84. The van der Waals surface area contributed by atoms with E-state index in [2.05, 4.69) is 9.97 Å². The van der Waals surface area contributed by atoms with Crippen LogP contribution in [0.5, 0.6) is 11.5 Å². The molecule has 3 aromatic rings. The maximum atomic E-state index is 13.1. The van der Waals surface area contributed by atoms with E-state index in [9.17, 15) is 14.7 Å². The normalized spacial score (nSPS) is 17.4. The summed E-state index contributed by atoms with van der Waals surface area (Å²) in [4.78, 5) is 35.6. The van der Waals surface area contributed by atoms with E-state index in [-0.39, 0.29) is 23.4 Å². The average Bonchev–Trinajstić information content (AvgIpc) is 3.09. The number of likely N-dealkylation sites (tertiary alicyclic amines) is 1. The fourth-order valence-electron chi connectivity index (χ4n) is 3.76. The first-order valence-corrected chi connectivity index (χ1v) is 9.84. The van der Waals surface area contributed by atoms with Gasteiger partial charge in [-0.3, -0.25) is 19.6 Å². The van der Waals surface area contributed by atoms with Crippen LogP contribution in [0.15, 0.2) is 72.8 Å². The van der Waals surface area contributed by atoms with Crippen LogP contribution in [0.2, 0.25) is 0 Å². The zero-order valence-corrected chi connectivity index (χ0v) is 17.6. The van der Waals surface area contributed by atoms with Crippen molar-refractivity contribution in [1.82, 2.24) is 14.9 Å². The van der Waals surface area contributed by atoms with Crippen LogP contribution in [0.25, 0.3) is 5.76 Å². The fourth-order valence-corrected chi connectivity index (χ4v) is 3.76. The Morgan fingerprint density at radius 3 is 2.25 bits per heavy atom. The van der Waals surface area contributed by atoms with E-state index in [1.54, 1.807) is 67.3 Å². The predicted molar refractivity (Wildman–Crippen MR) is 116 cm³/mol. The molecular formula is C24H21N3O5. The van der Waals surface area contributed by atoms with Crippen LogP contribution in [-0.2, 0) is 16.1 Å². The van der Waals surface area contributed by atoms with Gasteiger partial charge in [-0.25, -0.2) is 0 Å². The standard InChI is InChI=1S/C24H21N3O5/c1-31-17-3-4-18(19(13-17)32-2)22(28)20-21(16-7-11-26-12-8-16)27(24(30)23(20)29)14-15-5-9-25-10-6-15/h3-13,21,28H,14H2,1-2H3/b22-20-. The molecule has 0 spiro atoms. The van der Waals surface area contributed by atoms with Gasteiger partial charge in [-0.1, -0.05) is 0 Å². The maximum Gasteiger partial charge on any atom is 0.295 e. The van der Waals surface area contributed by atoms with Gasteiger partial charge in [0.2, 0.25) is 0 Å². The SMILES string of the molecule is COc1ccc(/C(O)=C2/C(=O)C(=O)N(Cc3ccncc3)C2c2ccncc2)c(OC)c1. The molecule has 1 aromatic carbocycles. The second-order valence-corrected chi connectivity index (χ2v) is 7.13. The summed E-state index contributed by atoms with van der Waals surface area (Å²) >= 11 is 0. The molecular weight excluding hydrogens is 410 g/mol. The van der Waals surface area contributed by atoms with Gasteiger partial charge in [0, 0.05) is 37.4 Å². The highest BCUT2D eigenvalue weighted by atomic mass is 16.5. The molecule has 1 aliphatic heterocycles. The van der Waals surface area contributed by atoms with E-state index in [0.717, 1.165) is 5.56 Å². The lowest BCUT2D eigenvalue weighted by Gasteiger charge is -2.25. The van der Waals surface area contributed by atoms with E-state index >= 15 is 0 Å². The molecule has 8 heteroatoms. The Labute approximate surface area is 184 Å². The lowest BCUT2D eigenvalue weighted by Crippen LogP contribution is -2.29. The zero-order valence-electron chi connectivity index (χ0n) is 17.6. The number of carbonyl (C=O) groups excluding carboxylic acids is 2. The van der Waals surface area contributed by atoms with Gasteiger partial charge in [0.15, 0.2) is 0 Å². The van der Waals surface area contributed by atoms with Crippen LogP contribution >= 0.6 is 0 Å². The Bertz CT molecular complexity index is 1180. The number of Topliss-reactive ketones (excluding diaryl/α,β-unsaturated/α-hetero) is 1. The molecule has 32 heavy (non-hydrogen) atoms. The molecule has 1 N–H and O–H groups in total. The summed E-state index contributed by atoms with van der Waals surface area (Å²) in [5.74, 6) is -0.936. The third-order valence-corrected chi connectivity index (χ3v) is 5.33. The number of aromatic nitrogens is 2. The molecule has 4 rings (SSSR count). The molecule has 1 unspecified atom stereocenters. The fraction of sp³-hybridized carbons (Fsp3) is 0.167.